The Balaban J connectivity index is 0.00000256. The zero-order valence-corrected chi connectivity index (χ0v) is 12.1. The van der Waals surface area contributed by atoms with Crippen LogP contribution in [0.1, 0.15) is 11.3 Å². The standard InChI is InChI=1S/C8H7BF6N.K/c10-8(11,12)6-2-4-16-7(5-6)1-3-9(13,14)15;/h2,4-5H,1,3H2;/q-1;+1. The van der Waals surface area contributed by atoms with Gasteiger partial charge in [0.1, 0.15) is 0 Å². The van der Waals surface area contributed by atoms with Crippen molar-refractivity contribution in [3.8, 4) is 0 Å². The van der Waals surface area contributed by atoms with Gasteiger partial charge < -0.3 is 12.9 Å². The van der Waals surface area contributed by atoms with Gasteiger partial charge in [0.2, 0.25) is 0 Å². The summed E-state index contributed by atoms with van der Waals surface area (Å²) in [5.74, 6) is 0. The van der Waals surface area contributed by atoms with Crippen LogP contribution in [0.2, 0.25) is 6.32 Å². The molecule has 1 aromatic rings. The van der Waals surface area contributed by atoms with Gasteiger partial charge in [0.15, 0.2) is 0 Å². The van der Waals surface area contributed by atoms with Crippen LogP contribution in [0.25, 0.3) is 0 Å². The second-order valence-corrected chi connectivity index (χ2v) is 3.28. The van der Waals surface area contributed by atoms with Crippen LogP contribution >= 0.6 is 0 Å². The minimum Gasteiger partial charge on any atom is -0.449 e. The number of alkyl halides is 3. The van der Waals surface area contributed by atoms with Crippen molar-refractivity contribution in [1.82, 2.24) is 4.98 Å². The van der Waals surface area contributed by atoms with E-state index in [4.69, 9.17) is 0 Å². The maximum absolute atomic E-state index is 12.2. The summed E-state index contributed by atoms with van der Waals surface area (Å²) in [5.41, 5.74) is -1.18. The summed E-state index contributed by atoms with van der Waals surface area (Å²) >= 11 is 0. The molecule has 0 aliphatic carbocycles. The van der Waals surface area contributed by atoms with E-state index in [1.807, 2.05) is 0 Å². The quantitative estimate of drug-likeness (QED) is 0.580. The molecule has 0 unspecified atom stereocenters. The van der Waals surface area contributed by atoms with E-state index in [1.54, 1.807) is 0 Å². The van der Waals surface area contributed by atoms with Crippen molar-refractivity contribution in [2.45, 2.75) is 18.9 Å². The molecule has 0 aromatic carbocycles. The van der Waals surface area contributed by atoms with Gasteiger partial charge in [0.05, 0.1) is 5.56 Å². The molecule has 0 N–H and O–H groups in total. The molecule has 1 nitrogen and oxygen atoms in total. The molecule has 17 heavy (non-hydrogen) atoms. The molecule has 1 aromatic heterocycles. The van der Waals surface area contributed by atoms with E-state index < -0.39 is 31.5 Å². The Kier molecular flexibility index (Phi) is 6.72. The van der Waals surface area contributed by atoms with E-state index in [0.29, 0.717) is 6.07 Å². The fraction of sp³-hybridized carbons (Fsp3) is 0.375. The molecule has 0 saturated heterocycles. The molecule has 0 bridgehead atoms. The Hall–Kier alpha value is 0.431. The van der Waals surface area contributed by atoms with Crippen molar-refractivity contribution in [2.24, 2.45) is 0 Å². The van der Waals surface area contributed by atoms with Crippen molar-refractivity contribution in [3.05, 3.63) is 29.6 Å². The van der Waals surface area contributed by atoms with Crippen LogP contribution in [-0.2, 0) is 12.6 Å². The van der Waals surface area contributed by atoms with E-state index in [1.165, 1.54) is 0 Å². The second-order valence-electron chi connectivity index (χ2n) is 3.28. The first kappa shape index (κ1) is 17.4. The molecule has 0 fully saturated rings. The Morgan fingerprint density at radius 2 is 1.76 bits per heavy atom. The Labute approximate surface area is 136 Å². The third-order valence-electron chi connectivity index (χ3n) is 1.87. The number of rotatable bonds is 3. The maximum Gasteiger partial charge on any atom is 1.00 e. The zero-order chi connectivity index (χ0) is 12.4. The first-order chi connectivity index (χ1) is 7.18. The Morgan fingerprint density at radius 3 is 2.24 bits per heavy atom. The molecule has 1 heterocycles. The van der Waals surface area contributed by atoms with E-state index in [2.05, 4.69) is 4.98 Å². The minimum atomic E-state index is -4.99. The first-order valence-electron chi connectivity index (χ1n) is 4.41. The van der Waals surface area contributed by atoms with Gasteiger partial charge in [-0.2, -0.15) is 13.2 Å². The number of hydrogen-bond acceptors (Lipinski definition) is 1. The molecule has 0 atom stereocenters. The van der Waals surface area contributed by atoms with E-state index in [9.17, 15) is 26.1 Å². The van der Waals surface area contributed by atoms with Crippen LogP contribution in [0.15, 0.2) is 18.3 Å². The van der Waals surface area contributed by atoms with Gasteiger partial charge in [-0.25, -0.2) is 0 Å². The normalized spacial score (nSPS) is 12.1. The molecule has 0 saturated carbocycles. The van der Waals surface area contributed by atoms with Crippen molar-refractivity contribution in [1.29, 1.82) is 0 Å². The summed E-state index contributed by atoms with van der Waals surface area (Å²) in [6.07, 6.45) is -5.33. The van der Waals surface area contributed by atoms with Crippen LogP contribution in [0.5, 0.6) is 0 Å². The van der Waals surface area contributed by atoms with Crippen molar-refractivity contribution in [3.63, 3.8) is 0 Å². The molecular weight excluding hydrogens is 274 g/mol. The average Bonchev–Trinajstić information content (AvgIpc) is 2.13. The molecule has 0 aliphatic heterocycles. The molecule has 0 aliphatic rings. The largest absolute Gasteiger partial charge is 1.00 e. The number of nitrogens with zero attached hydrogens (tertiary/aromatic N) is 1. The van der Waals surface area contributed by atoms with Crippen LogP contribution in [-0.4, -0.2) is 12.0 Å². The van der Waals surface area contributed by atoms with Crippen molar-refractivity contribution in [2.75, 3.05) is 0 Å². The molecule has 0 amide bonds. The molecule has 0 radical (unpaired) electrons. The summed E-state index contributed by atoms with van der Waals surface area (Å²) in [7, 11) is 0. The molecule has 0 spiro atoms. The predicted molar refractivity (Wildman–Crippen MR) is 46.8 cm³/mol. The van der Waals surface area contributed by atoms with Gasteiger partial charge >= 0.3 is 64.5 Å². The summed E-state index contributed by atoms with van der Waals surface area (Å²) in [5, 5.41) is 0. The average molecular weight is 281 g/mol. The SMILES string of the molecule is F[B-](F)(F)CCc1cc(C(F)(F)F)ccn1.[K+]. The fourth-order valence-corrected chi connectivity index (χ4v) is 1.10. The summed E-state index contributed by atoms with van der Waals surface area (Å²) in [4.78, 5) is 3.47. The van der Waals surface area contributed by atoms with Crippen LogP contribution in [0.4, 0.5) is 26.1 Å². The first-order valence-corrected chi connectivity index (χ1v) is 4.41. The summed E-state index contributed by atoms with van der Waals surface area (Å²) in [6, 6.07) is 1.37. The van der Waals surface area contributed by atoms with Crippen molar-refractivity contribution >= 4 is 6.98 Å². The van der Waals surface area contributed by atoms with Gasteiger partial charge in [-0.1, -0.05) is 6.32 Å². The second kappa shape index (κ2) is 6.56. The monoisotopic (exact) mass is 281 g/mol. The van der Waals surface area contributed by atoms with Crippen LogP contribution in [0.3, 0.4) is 0 Å². The number of hydrogen-bond donors (Lipinski definition) is 0. The number of halogens is 6. The smallest absolute Gasteiger partial charge is 0.449 e. The molecule has 90 valence electrons. The van der Waals surface area contributed by atoms with Crippen LogP contribution in [0, 0.1) is 0 Å². The van der Waals surface area contributed by atoms with Gasteiger partial charge in [0.25, 0.3) is 0 Å². The van der Waals surface area contributed by atoms with Gasteiger partial charge in [-0.3, -0.25) is 4.98 Å². The van der Waals surface area contributed by atoms with Gasteiger partial charge in [-0.15, -0.1) is 0 Å². The molecular formula is C8H7BF6KN. The third kappa shape index (κ3) is 6.80. The van der Waals surface area contributed by atoms with E-state index in [-0.39, 0.29) is 57.1 Å². The fourth-order valence-electron chi connectivity index (χ4n) is 1.10. The Bertz CT molecular complexity index is 364. The third-order valence-corrected chi connectivity index (χ3v) is 1.87. The van der Waals surface area contributed by atoms with E-state index in [0.717, 1.165) is 12.3 Å². The maximum atomic E-state index is 12.2. The summed E-state index contributed by atoms with van der Waals surface area (Å²) in [6.45, 7) is -4.99. The minimum absolute atomic E-state index is 0. The van der Waals surface area contributed by atoms with Gasteiger partial charge in [0, 0.05) is 11.9 Å². The van der Waals surface area contributed by atoms with Gasteiger partial charge in [-0.05, 0) is 18.6 Å². The predicted octanol–water partition coefficient (Wildman–Crippen LogP) is 0.494. The van der Waals surface area contributed by atoms with Crippen LogP contribution < -0.4 is 51.4 Å². The zero-order valence-electron chi connectivity index (χ0n) is 8.94. The number of aromatic nitrogens is 1. The van der Waals surface area contributed by atoms with Crippen molar-refractivity contribution < 1.29 is 77.5 Å². The number of pyridine rings is 1. The van der Waals surface area contributed by atoms with E-state index >= 15 is 0 Å². The number of aryl methyl sites for hydroxylation is 1. The Morgan fingerprint density at radius 1 is 1.18 bits per heavy atom. The summed E-state index contributed by atoms with van der Waals surface area (Å²) < 4.78 is 72.3. The topological polar surface area (TPSA) is 12.9 Å². The molecule has 1 rings (SSSR count). The molecule has 9 heteroatoms.